The van der Waals surface area contributed by atoms with E-state index in [0.717, 1.165) is 0 Å². The van der Waals surface area contributed by atoms with Crippen LogP contribution in [0, 0.1) is 10.1 Å². The van der Waals surface area contributed by atoms with Crippen LogP contribution in [0.3, 0.4) is 0 Å². The van der Waals surface area contributed by atoms with Crippen molar-refractivity contribution in [2.24, 2.45) is 0 Å². The predicted molar refractivity (Wildman–Crippen MR) is 88.1 cm³/mol. The third-order valence-corrected chi connectivity index (χ3v) is 3.37. The molecule has 24 heavy (non-hydrogen) atoms. The van der Waals surface area contributed by atoms with Gasteiger partial charge in [0.15, 0.2) is 0 Å². The number of carbonyl (C=O) groups is 1. The predicted octanol–water partition coefficient (Wildman–Crippen LogP) is 3.24. The third-order valence-electron chi connectivity index (χ3n) is 3.37. The number of hydrogen-bond donors (Lipinski definition) is 1. The highest BCUT2D eigenvalue weighted by molar-refractivity contribution is 6.20. The summed E-state index contributed by atoms with van der Waals surface area (Å²) in [4.78, 5) is 22.2. The van der Waals surface area contributed by atoms with Crippen LogP contribution in [0.5, 0.6) is 11.5 Å². The molecule has 0 fully saturated rings. The zero-order valence-electron chi connectivity index (χ0n) is 13.1. The molecule has 2 aromatic carbocycles. The molecule has 0 aliphatic carbocycles. The molecule has 7 heteroatoms. The van der Waals surface area contributed by atoms with E-state index in [2.05, 4.69) is 0 Å². The van der Waals surface area contributed by atoms with Crippen molar-refractivity contribution in [1.82, 2.24) is 0 Å². The van der Waals surface area contributed by atoms with Crippen molar-refractivity contribution < 1.29 is 24.3 Å². The van der Waals surface area contributed by atoms with Crippen LogP contribution in [0.25, 0.3) is 11.6 Å². The fraction of sp³-hybridized carbons (Fsp3) is 0.118. The van der Waals surface area contributed by atoms with Crippen LogP contribution < -0.4 is 9.47 Å². The number of aliphatic carboxylic acids is 1. The Labute approximate surface area is 137 Å². The van der Waals surface area contributed by atoms with Crippen molar-refractivity contribution in [3.63, 3.8) is 0 Å². The number of carboxylic acids is 1. The third kappa shape index (κ3) is 3.70. The molecular formula is C17H15NO6. The second-order valence-electron chi connectivity index (χ2n) is 4.77. The summed E-state index contributed by atoms with van der Waals surface area (Å²) in [6, 6.07) is 10.6. The lowest BCUT2D eigenvalue weighted by molar-refractivity contribution is -0.385. The molecule has 0 saturated heterocycles. The minimum Gasteiger partial charge on any atom is -0.497 e. The summed E-state index contributed by atoms with van der Waals surface area (Å²) in [5, 5.41) is 20.7. The maximum Gasteiger partial charge on any atom is 0.336 e. The highest BCUT2D eigenvalue weighted by Gasteiger charge is 2.17. The average molecular weight is 329 g/mol. The molecule has 0 spiro atoms. The fourth-order valence-electron chi connectivity index (χ4n) is 2.13. The van der Waals surface area contributed by atoms with E-state index in [9.17, 15) is 20.0 Å². The van der Waals surface area contributed by atoms with Crippen LogP contribution in [0.1, 0.15) is 11.1 Å². The van der Waals surface area contributed by atoms with Gasteiger partial charge in [-0.15, -0.1) is 0 Å². The highest BCUT2D eigenvalue weighted by Crippen LogP contribution is 2.29. The van der Waals surface area contributed by atoms with Gasteiger partial charge in [-0.1, -0.05) is 12.1 Å². The van der Waals surface area contributed by atoms with E-state index in [0.29, 0.717) is 17.1 Å². The van der Waals surface area contributed by atoms with Gasteiger partial charge in [0, 0.05) is 0 Å². The summed E-state index contributed by atoms with van der Waals surface area (Å²) in [5.41, 5.74) is 0.287. The van der Waals surface area contributed by atoms with Crippen molar-refractivity contribution in [1.29, 1.82) is 0 Å². The number of nitrogens with zero attached hydrogens (tertiary/aromatic N) is 1. The van der Waals surface area contributed by atoms with Crippen molar-refractivity contribution in [2.45, 2.75) is 0 Å². The Morgan fingerprint density at radius 1 is 1.08 bits per heavy atom. The number of ether oxygens (including phenoxy) is 2. The van der Waals surface area contributed by atoms with Crippen LogP contribution in [-0.4, -0.2) is 30.2 Å². The molecule has 2 rings (SSSR count). The summed E-state index contributed by atoms with van der Waals surface area (Å²) in [6.07, 6.45) is 1.27. The van der Waals surface area contributed by atoms with Crippen molar-refractivity contribution in [3.8, 4) is 11.5 Å². The molecule has 0 radical (unpaired) electrons. The van der Waals surface area contributed by atoms with E-state index in [1.807, 2.05) is 0 Å². The molecule has 0 aliphatic rings. The number of benzene rings is 2. The lowest BCUT2D eigenvalue weighted by Gasteiger charge is -2.06. The van der Waals surface area contributed by atoms with Crippen LogP contribution in [0.2, 0.25) is 0 Å². The molecule has 2 aromatic rings. The maximum absolute atomic E-state index is 11.6. The molecule has 1 N–H and O–H groups in total. The van der Waals surface area contributed by atoms with E-state index in [1.165, 1.54) is 38.5 Å². The van der Waals surface area contributed by atoms with E-state index in [1.54, 1.807) is 24.3 Å². The van der Waals surface area contributed by atoms with E-state index < -0.39 is 10.9 Å². The van der Waals surface area contributed by atoms with Gasteiger partial charge in [0.05, 0.1) is 36.3 Å². The standard InChI is InChI=1S/C17H15NO6/c1-23-13-6-3-11(4-7-13)15(17(19)20)9-12-5-8-14(24-2)10-16(12)18(21)22/h3-10H,1-2H3,(H,19,20)/b15-9-. The van der Waals surface area contributed by atoms with Crippen molar-refractivity contribution in [3.05, 3.63) is 63.7 Å². The van der Waals surface area contributed by atoms with Gasteiger partial charge in [-0.2, -0.15) is 0 Å². The lowest BCUT2D eigenvalue weighted by Crippen LogP contribution is -2.01. The van der Waals surface area contributed by atoms with Crippen molar-refractivity contribution in [2.75, 3.05) is 14.2 Å². The molecule has 0 bridgehead atoms. The Balaban J connectivity index is 2.55. The molecule has 7 nitrogen and oxygen atoms in total. The average Bonchev–Trinajstić information content (AvgIpc) is 2.59. The minimum absolute atomic E-state index is 0.0640. The quantitative estimate of drug-likeness (QED) is 0.378. The number of rotatable bonds is 6. The van der Waals surface area contributed by atoms with Gasteiger partial charge in [-0.3, -0.25) is 10.1 Å². The summed E-state index contributed by atoms with van der Waals surface area (Å²) >= 11 is 0. The second kappa shape index (κ2) is 7.28. The second-order valence-corrected chi connectivity index (χ2v) is 4.77. The van der Waals surface area contributed by atoms with E-state index in [-0.39, 0.29) is 16.8 Å². The van der Waals surface area contributed by atoms with E-state index in [4.69, 9.17) is 9.47 Å². The zero-order chi connectivity index (χ0) is 17.7. The molecule has 0 heterocycles. The lowest BCUT2D eigenvalue weighted by atomic mass is 10.0. The molecule has 0 atom stereocenters. The number of carboxylic acid groups (broad SMARTS) is 1. The fourth-order valence-corrected chi connectivity index (χ4v) is 2.13. The Hall–Kier alpha value is -3.35. The monoisotopic (exact) mass is 329 g/mol. The van der Waals surface area contributed by atoms with Gasteiger partial charge < -0.3 is 14.6 Å². The van der Waals surface area contributed by atoms with Gasteiger partial charge in [-0.05, 0) is 35.9 Å². The smallest absolute Gasteiger partial charge is 0.336 e. The highest BCUT2D eigenvalue weighted by atomic mass is 16.6. The molecule has 0 amide bonds. The Bertz CT molecular complexity index is 795. The Morgan fingerprint density at radius 2 is 1.67 bits per heavy atom. The van der Waals surface area contributed by atoms with Gasteiger partial charge in [-0.25, -0.2) is 4.79 Å². The van der Waals surface area contributed by atoms with Gasteiger partial charge in [0.2, 0.25) is 0 Å². The number of nitro groups is 1. The van der Waals surface area contributed by atoms with Crippen molar-refractivity contribution >= 4 is 23.3 Å². The topological polar surface area (TPSA) is 98.9 Å². The first-order valence-corrected chi connectivity index (χ1v) is 6.88. The molecular weight excluding hydrogens is 314 g/mol. The molecule has 0 aromatic heterocycles. The molecule has 124 valence electrons. The SMILES string of the molecule is COc1ccc(/C(=C/c2ccc(OC)cc2[N+](=O)[O-])C(=O)O)cc1. The first kappa shape index (κ1) is 17.0. The number of methoxy groups -OCH3 is 2. The molecule has 0 unspecified atom stereocenters. The van der Waals surface area contributed by atoms with Crippen LogP contribution in [0.15, 0.2) is 42.5 Å². The Kier molecular flexibility index (Phi) is 5.16. The van der Waals surface area contributed by atoms with Gasteiger partial charge >= 0.3 is 5.97 Å². The van der Waals surface area contributed by atoms with Crippen LogP contribution in [-0.2, 0) is 4.79 Å². The largest absolute Gasteiger partial charge is 0.497 e. The maximum atomic E-state index is 11.6. The summed E-state index contributed by atoms with van der Waals surface area (Å²) in [7, 11) is 2.90. The van der Waals surface area contributed by atoms with Gasteiger partial charge in [0.25, 0.3) is 5.69 Å². The minimum atomic E-state index is -1.19. The Morgan fingerprint density at radius 3 is 2.17 bits per heavy atom. The summed E-state index contributed by atoms with van der Waals surface area (Å²) in [6.45, 7) is 0. The molecule has 0 aliphatic heterocycles. The number of hydrogen-bond acceptors (Lipinski definition) is 5. The summed E-state index contributed by atoms with van der Waals surface area (Å²) in [5.74, 6) is -0.288. The van der Waals surface area contributed by atoms with Crippen LogP contribution >= 0.6 is 0 Å². The molecule has 0 saturated carbocycles. The number of nitro benzene ring substituents is 1. The van der Waals surface area contributed by atoms with Crippen LogP contribution in [0.4, 0.5) is 5.69 Å². The first-order valence-electron chi connectivity index (χ1n) is 6.88. The van der Waals surface area contributed by atoms with E-state index >= 15 is 0 Å². The summed E-state index contributed by atoms with van der Waals surface area (Å²) < 4.78 is 10.0. The van der Waals surface area contributed by atoms with Gasteiger partial charge in [0.1, 0.15) is 11.5 Å². The first-order chi connectivity index (χ1) is 11.5. The normalized spacial score (nSPS) is 11.0. The zero-order valence-corrected chi connectivity index (χ0v) is 13.1.